The van der Waals surface area contributed by atoms with Crippen molar-refractivity contribution < 1.29 is 0 Å². The van der Waals surface area contributed by atoms with Gasteiger partial charge in [-0.15, -0.1) is 11.3 Å². The van der Waals surface area contributed by atoms with E-state index in [4.69, 9.17) is 15.0 Å². The third kappa shape index (κ3) is 4.63. The molecule has 4 nitrogen and oxygen atoms in total. The summed E-state index contributed by atoms with van der Waals surface area (Å²) < 4.78 is 4.84. The molecule has 0 saturated heterocycles. The molecule has 234 valence electrons. The van der Waals surface area contributed by atoms with Crippen LogP contribution < -0.4 is 0 Å². The SMILES string of the molecule is c1ccc(-c2ccc(-c3nc(-c4ccccc4)nc(-c4cccc5sc6c(-n7c8ccccc8c8ccccc87)cccc6c45)n3)cc2)cc1. The second kappa shape index (κ2) is 11.6. The van der Waals surface area contributed by atoms with Gasteiger partial charge < -0.3 is 4.57 Å². The lowest BCUT2D eigenvalue weighted by atomic mass is 10.0. The Morgan fingerprint density at radius 3 is 1.56 bits per heavy atom. The van der Waals surface area contributed by atoms with E-state index in [0.717, 1.165) is 27.6 Å². The zero-order valence-electron chi connectivity index (χ0n) is 26.9. The van der Waals surface area contributed by atoms with E-state index in [1.54, 1.807) is 0 Å². The van der Waals surface area contributed by atoms with Crippen molar-refractivity contribution in [3.8, 4) is 51.0 Å². The highest BCUT2D eigenvalue weighted by molar-refractivity contribution is 7.26. The molecule has 10 rings (SSSR count). The summed E-state index contributed by atoms with van der Waals surface area (Å²) in [7, 11) is 0. The van der Waals surface area contributed by atoms with Crippen molar-refractivity contribution in [2.75, 3.05) is 0 Å². The van der Waals surface area contributed by atoms with Crippen LogP contribution >= 0.6 is 11.3 Å². The smallest absolute Gasteiger partial charge is 0.164 e. The van der Waals surface area contributed by atoms with E-state index in [2.05, 4.69) is 150 Å². The molecule has 10 aromatic rings. The van der Waals surface area contributed by atoms with E-state index >= 15 is 0 Å². The molecule has 0 unspecified atom stereocenters. The van der Waals surface area contributed by atoms with Gasteiger partial charge in [-0.3, -0.25) is 0 Å². The zero-order chi connectivity index (χ0) is 33.0. The predicted octanol–water partition coefficient (Wildman–Crippen LogP) is 12.0. The average Bonchev–Trinajstić information content (AvgIpc) is 3.75. The number of thiophene rings is 1. The zero-order valence-corrected chi connectivity index (χ0v) is 27.7. The minimum atomic E-state index is 0.649. The Balaban J connectivity index is 1.19. The van der Waals surface area contributed by atoms with Crippen molar-refractivity contribution in [3.05, 3.63) is 170 Å². The first-order valence-corrected chi connectivity index (χ1v) is 17.5. The highest BCUT2D eigenvalue weighted by Gasteiger charge is 2.20. The summed E-state index contributed by atoms with van der Waals surface area (Å²) >= 11 is 1.82. The first-order chi connectivity index (χ1) is 24.8. The first-order valence-electron chi connectivity index (χ1n) is 16.7. The van der Waals surface area contributed by atoms with Gasteiger partial charge in [-0.1, -0.05) is 146 Å². The highest BCUT2D eigenvalue weighted by atomic mass is 32.1. The topological polar surface area (TPSA) is 43.6 Å². The normalized spacial score (nSPS) is 11.6. The van der Waals surface area contributed by atoms with Gasteiger partial charge in [0.1, 0.15) is 0 Å². The van der Waals surface area contributed by atoms with Crippen molar-refractivity contribution >= 4 is 53.3 Å². The van der Waals surface area contributed by atoms with Crippen LogP contribution in [0.2, 0.25) is 0 Å². The van der Waals surface area contributed by atoms with E-state index in [1.807, 2.05) is 35.6 Å². The molecule has 0 bridgehead atoms. The summed E-state index contributed by atoms with van der Waals surface area (Å²) in [6.07, 6.45) is 0. The lowest BCUT2D eigenvalue weighted by molar-refractivity contribution is 1.08. The van der Waals surface area contributed by atoms with Gasteiger partial charge in [0.2, 0.25) is 0 Å². The van der Waals surface area contributed by atoms with Crippen molar-refractivity contribution in [2.45, 2.75) is 0 Å². The van der Waals surface area contributed by atoms with Crippen molar-refractivity contribution in [2.24, 2.45) is 0 Å². The maximum Gasteiger partial charge on any atom is 0.164 e. The number of fused-ring (bicyclic) bond motifs is 6. The van der Waals surface area contributed by atoms with Gasteiger partial charge in [0.05, 0.1) is 21.4 Å². The third-order valence-corrected chi connectivity index (χ3v) is 10.7. The van der Waals surface area contributed by atoms with Crippen LogP contribution in [0.3, 0.4) is 0 Å². The van der Waals surface area contributed by atoms with Gasteiger partial charge >= 0.3 is 0 Å². The number of aromatic nitrogens is 4. The predicted molar refractivity (Wildman–Crippen MR) is 209 cm³/mol. The van der Waals surface area contributed by atoms with Crippen LogP contribution in [0, 0.1) is 0 Å². The molecule has 3 aromatic heterocycles. The summed E-state index contributed by atoms with van der Waals surface area (Å²) in [6, 6.07) is 59.6. The molecule has 0 aliphatic heterocycles. The molecule has 0 atom stereocenters. The Bertz CT molecular complexity index is 2800. The maximum atomic E-state index is 5.17. The second-order valence-electron chi connectivity index (χ2n) is 12.4. The molecule has 5 heteroatoms. The van der Waals surface area contributed by atoms with Gasteiger partial charge in [-0.05, 0) is 35.4 Å². The molecule has 0 fully saturated rings. The van der Waals surface area contributed by atoms with Gasteiger partial charge in [0, 0.05) is 42.9 Å². The van der Waals surface area contributed by atoms with Gasteiger partial charge in [-0.2, -0.15) is 0 Å². The third-order valence-electron chi connectivity index (χ3n) is 9.48. The van der Waals surface area contributed by atoms with Crippen LogP contribution in [0.5, 0.6) is 0 Å². The van der Waals surface area contributed by atoms with Crippen molar-refractivity contribution in [1.29, 1.82) is 0 Å². The van der Waals surface area contributed by atoms with E-state index in [1.165, 1.54) is 47.8 Å². The molecule has 0 aliphatic carbocycles. The van der Waals surface area contributed by atoms with Crippen LogP contribution in [0.4, 0.5) is 0 Å². The van der Waals surface area contributed by atoms with E-state index in [9.17, 15) is 0 Å². The minimum Gasteiger partial charge on any atom is -0.308 e. The van der Waals surface area contributed by atoms with Crippen LogP contribution in [0.25, 0.3) is 93.0 Å². The van der Waals surface area contributed by atoms with E-state index in [0.29, 0.717) is 17.5 Å². The number of benzene rings is 7. The molecule has 0 amide bonds. The Morgan fingerprint density at radius 1 is 0.380 bits per heavy atom. The standard InChI is InChI=1S/C45H28N4S/c1-3-13-29(14-4-1)30-25-27-32(28-26-30)44-46-43(31-15-5-2-6-16-31)47-45(48-44)36-20-12-24-40-41(36)35-19-11-23-39(42(35)50-40)49-37-21-9-7-17-33(37)34-18-8-10-22-38(34)49/h1-28H. The maximum absolute atomic E-state index is 5.17. The largest absolute Gasteiger partial charge is 0.308 e. The number of rotatable bonds is 5. The molecule has 7 aromatic carbocycles. The Morgan fingerprint density at radius 2 is 0.880 bits per heavy atom. The van der Waals surface area contributed by atoms with Crippen molar-refractivity contribution in [3.63, 3.8) is 0 Å². The highest BCUT2D eigenvalue weighted by Crippen LogP contribution is 2.44. The van der Waals surface area contributed by atoms with Crippen LogP contribution in [-0.2, 0) is 0 Å². The van der Waals surface area contributed by atoms with Gasteiger partial charge in [-0.25, -0.2) is 15.0 Å². The van der Waals surface area contributed by atoms with E-state index in [-0.39, 0.29) is 0 Å². The summed E-state index contributed by atoms with van der Waals surface area (Å²) in [4.78, 5) is 15.3. The molecule has 0 aliphatic rings. The fourth-order valence-corrected chi connectivity index (χ4v) is 8.39. The molecule has 50 heavy (non-hydrogen) atoms. The van der Waals surface area contributed by atoms with Crippen molar-refractivity contribution in [1.82, 2.24) is 19.5 Å². The Kier molecular flexibility index (Phi) is 6.64. The van der Waals surface area contributed by atoms with Crippen LogP contribution in [0.1, 0.15) is 0 Å². The molecular formula is C45H28N4S. The molecule has 0 saturated carbocycles. The molecule has 0 N–H and O–H groups in total. The summed E-state index contributed by atoms with van der Waals surface area (Å²) in [5.74, 6) is 1.96. The molecule has 3 heterocycles. The van der Waals surface area contributed by atoms with Crippen LogP contribution in [-0.4, -0.2) is 19.5 Å². The molecular weight excluding hydrogens is 629 g/mol. The summed E-state index contributed by atoms with van der Waals surface area (Å²) in [5.41, 5.74) is 8.80. The van der Waals surface area contributed by atoms with Gasteiger partial charge in [0.15, 0.2) is 17.5 Å². The lowest BCUT2D eigenvalue weighted by Crippen LogP contribution is -2.00. The molecule has 0 radical (unpaired) electrons. The van der Waals surface area contributed by atoms with E-state index < -0.39 is 0 Å². The number of hydrogen-bond acceptors (Lipinski definition) is 4. The quantitative estimate of drug-likeness (QED) is 0.185. The first kappa shape index (κ1) is 28.6. The summed E-state index contributed by atoms with van der Waals surface area (Å²) in [6.45, 7) is 0. The van der Waals surface area contributed by atoms with Gasteiger partial charge in [0.25, 0.3) is 0 Å². The fraction of sp³-hybridized carbons (Fsp3) is 0. The van der Waals surface area contributed by atoms with Crippen LogP contribution in [0.15, 0.2) is 170 Å². The fourth-order valence-electron chi connectivity index (χ4n) is 7.16. The number of para-hydroxylation sites is 2. The monoisotopic (exact) mass is 656 g/mol. The average molecular weight is 657 g/mol. The number of nitrogens with zero attached hydrogens (tertiary/aromatic N) is 4. The number of hydrogen-bond donors (Lipinski definition) is 0. The Labute approximate surface area is 292 Å². The Hall–Kier alpha value is -6.43. The second-order valence-corrected chi connectivity index (χ2v) is 13.5. The summed E-state index contributed by atoms with van der Waals surface area (Å²) in [5, 5.41) is 4.86. The molecule has 0 spiro atoms. The lowest BCUT2D eigenvalue weighted by Gasteiger charge is -2.11. The minimum absolute atomic E-state index is 0.649.